The van der Waals surface area contributed by atoms with Gasteiger partial charge in [-0.05, 0) is 23.8 Å². The van der Waals surface area contributed by atoms with Crippen LogP contribution in [0.5, 0.6) is 0 Å². The maximum absolute atomic E-state index is 6.32. The minimum atomic E-state index is 0.682. The molecular formula is C16H15N3S. The number of nitrogens with zero attached hydrogens (tertiary/aromatic N) is 1. The van der Waals surface area contributed by atoms with Gasteiger partial charge in [-0.3, -0.25) is 4.98 Å². The van der Waals surface area contributed by atoms with Gasteiger partial charge in [-0.15, -0.1) is 12.6 Å². The first-order valence-corrected chi connectivity index (χ1v) is 6.80. The van der Waals surface area contributed by atoms with Gasteiger partial charge >= 0.3 is 0 Å². The Morgan fingerprint density at radius 3 is 2.60 bits per heavy atom. The zero-order valence-electron chi connectivity index (χ0n) is 11.1. The molecule has 0 amide bonds. The molecule has 0 radical (unpaired) electrons. The van der Waals surface area contributed by atoms with Crippen LogP contribution in [0.2, 0.25) is 0 Å². The van der Waals surface area contributed by atoms with Crippen LogP contribution >= 0.6 is 12.6 Å². The first-order chi connectivity index (χ1) is 9.72. The molecule has 0 saturated heterocycles. The Labute approximate surface area is 123 Å². The van der Waals surface area contributed by atoms with Gasteiger partial charge < -0.3 is 11.1 Å². The summed E-state index contributed by atoms with van der Waals surface area (Å²) in [6.45, 7) is 0. The van der Waals surface area contributed by atoms with Crippen molar-refractivity contribution in [1.29, 1.82) is 0 Å². The maximum Gasteiger partial charge on any atom is 0.0958 e. The highest BCUT2D eigenvalue weighted by Gasteiger charge is 2.11. The average Bonchev–Trinajstić information content (AvgIpc) is 2.48. The van der Waals surface area contributed by atoms with E-state index in [2.05, 4.69) is 22.9 Å². The van der Waals surface area contributed by atoms with Gasteiger partial charge in [0.2, 0.25) is 0 Å². The summed E-state index contributed by atoms with van der Waals surface area (Å²) in [6.07, 6.45) is 1.76. The molecule has 1 heterocycles. The Hall–Kier alpha value is -2.20. The topological polar surface area (TPSA) is 50.9 Å². The van der Waals surface area contributed by atoms with E-state index in [1.54, 1.807) is 6.20 Å². The monoisotopic (exact) mass is 281 g/mol. The van der Waals surface area contributed by atoms with E-state index in [1.165, 1.54) is 0 Å². The number of nitrogens with one attached hydrogen (secondary N) is 1. The second kappa shape index (κ2) is 5.06. The van der Waals surface area contributed by atoms with E-state index in [4.69, 9.17) is 5.73 Å². The van der Waals surface area contributed by atoms with Crippen LogP contribution in [0.4, 0.5) is 11.4 Å². The molecule has 0 spiro atoms. The van der Waals surface area contributed by atoms with Gasteiger partial charge in [-0.2, -0.15) is 0 Å². The Morgan fingerprint density at radius 2 is 1.85 bits per heavy atom. The van der Waals surface area contributed by atoms with Gasteiger partial charge in [-0.1, -0.05) is 24.3 Å². The van der Waals surface area contributed by atoms with Gasteiger partial charge in [-0.25, -0.2) is 0 Å². The van der Waals surface area contributed by atoms with Gasteiger partial charge in [0.25, 0.3) is 0 Å². The highest BCUT2D eigenvalue weighted by Crippen LogP contribution is 2.36. The average molecular weight is 281 g/mol. The van der Waals surface area contributed by atoms with Crippen molar-refractivity contribution in [3.8, 4) is 11.1 Å². The smallest absolute Gasteiger partial charge is 0.0958 e. The minimum Gasteiger partial charge on any atom is -0.396 e. The van der Waals surface area contributed by atoms with Crippen LogP contribution in [-0.2, 0) is 0 Å². The second-order valence-electron chi connectivity index (χ2n) is 4.55. The summed E-state index contributed by atoms with van der Waals surface area (Å²) in [5.74, 6) is 0. The lowest BCUT2D eigenvalue weighted by atomic mass is 10.0. The van der Waals surface area contributed by atoms with Crippen LogP contribution in [0.25, 0.3) is 22.0 Å². The molecule has 0 fully saturated rings. The normalized spacial score (nSPS) is 10.7. The lowest BCUT2D eigenvalue weighted by Crippen LogP contribution is -1.97. The maximum atomic E-state index is 6.32. The number of aromatic nitrogens is 1. The van der Waals surface area contributed by atoms with E-state index in [0.29, 0.717) is 5.69 Å². The summed E-state index contributed by atoms with van der Waals surface area (Å²) >= 11 is 4.50. The molecule has 100 valence electrons. The van der Waals surface area contributed by atoms with Crippen LogP contribution in [0.1, 0.15) is 0 Å². The molecule has 0 aliphatic rings. The van der Waals surface area contributed by atoms with Crippen molar-refractivity contribution in [2.75, 3.05) is 18.1 Å². The fourth-order valence-electron chi connectivity index (χ4n) is 2.39. The second-order valence-corrected chi connectivity index (χ2v) is 5.03. The highest BCUT2D eigenvalue weighted by molar-refractivity contribution is 7.80. The van der Waals surface area contributed by atoms with Crippen LogP contribution in [0.3, 0.4) is 0 Å². The Bertz CT molecular complexity index is 784. The van der Waals surface area contributed by atoms with Crippen molar-refractivity contribution < 1.29 is 0 Å². The molecule has 3 rings (SSSR count). The lowest BCUT2D eigenvalue weighted by molar-refractivity contribution is 1.39. The van der Waals surface area contributed by atoms with Gasteiger partial charge in [0.05, 0.1) is 11.2 Å². The molecule has 0 atom stereocenters. The van der Waals surface area contributed by atoms with E-state index < -0.39 is 0 Å². The van der Waals surface area contributed by atoms with Crippen LogP contribution < -0.4 is 11.1 Å². The first kappa shape index (κ1) is 12.8. The summed E-state index contributed by atoms with van der Waals surface area (Å²) in [5.41, 5.74) is 10.8. The van der Waals surface area contributed by atoms with Crippen molar-refractivity contribution in [3.63, 3.8) is 0 Å². The predicted molar refractivity (Wildman–Crippen MR) is 88.4 cm³/mol. The number of fused-ring (bicyclic) bond motifs is 1. The molecule has 3 aromatic rings. The SMILES string of the molecule is CNc1ccnc2c(N)c(-c3ccccc3S)ccc12. The molecular weight excluding hydrogens is 266 g/mol. The number of anilines is 2. The lowest BCUT2D eigenvalue weighted by Gasteiger charge is -2.12. The van der Waals surface area contributed by atoms with E-state index in [-0.39, 0.29) is 0 Å². The van der Waals surface area contributed by atoms with Gasteiger partial charge in [0.1, 0.15) is 0 Å². The third-order valence-corrected chi connectivity index (χ3v) is 3.81. The van der Waals surface area contributed by atoms with Crippen molar-refractivity contribution in [2.45, 2.75) is 4.90 Å². The molecule has 2 aromatic carbocycles. The molecule has 3 N–H and O–H groups in total. The summed E-state index contributed by atoms with van der Waals surface area (Å²) in [4.78, 5) is 5.32. The Morgan fingerprint density at radius 1 is 1.05 bits per heavy atom. The van der Waals surface area contributed by atoms with E-state index in [9.17, 15) is 0 Å². The number of hydrogen-bond acceptors (Lipinski definition) is 4. The predicted octanol–water partition coefficient (Wildman–Crippen LogP) is 3.81. The Kier molecular flexibility index (Phi) is 3.24. The first-order valence-electron chi connectivity index (χ1n) is 6.35. The molecule has 0 unspecified atom stereocenters. The third kappa shape index (κ3) is 1.98. The number of thiol groups is 1. The van der Waals surface area contributed by atoms with Gasteiger partial charge in [0, 0.05) is 34.8 Å². The van der Waals surface area contributed by atoms with Gasteiger partial charge in [0.15, 0.2) is 0 Å². The van der Waals surface area contributed by atoms with Crippen molar-refractivity contribution in [3.05, 3.63) is 48.7 Å². The fraction of sp³-hybridized carbons (Fsp3) is 0.0625. The van der Waals surface area contributed by atoms with Crippen molar-refractivity contribution >= 4 is 34.9 Å². The quantitative estimate of drug-likeness (QED) is 0.494. The Balaban J connectivity index is 2.30. The standard InChI is InChI=1S/C16H15N3S/c1-18-13-8-9-19-16-12(13)7-6-11(15(16)17)10-4-2-3-5-14(10)20/h2-9,20H,17H2,1H3,(H,18,19). The number of hydrogen-bond donors (Lipinski definition) is 3. The summed E-state index contributed by atoms with van der Waals surface area (Å²) in [7, 11) is 1.89. The third-order valence-electron chi connectivity index (χ3n) is 3.42. The van der Waals surface area contributed by atoms with E-state index in [0.717, 1.165) is 32.6 Å². The molecule has 3 nitrogen and oxygen atoms in total. The molecule has 0 bridgehead atoms. The number of rotatable bonds is 2. The molecule has 0 saturated carbocycles. The minimum absolute atomic E-state index is 0.682. The summed E-state index contributed by atoms with van der Waals surface area (Å²) in [6, 6.07) is 13.9. The molecule has 0 aliphatic heterocycles. The van der Waals surface area contributed by atoms with Crippen LogP contribution in [0, 0.1) is 0 Å². The van der Waals surface area contributed by atoms with E-state index >= 15 is 0 Å². The number of nitrogens with two attached hydrogens (primary N) is 1. The molecule has 20 heavy (non-hydrogen) atoms. The molecule has 1 aromatic heterocycles. The fourth-order valence-corrected chi connectivity index (χ4v) is 2.68. The molecule has 4 heteroatoms. The number of nitrogen functional groups attached to an aromatic ring is 1. The summed E-state index contributed by atoms with van der Waals surface area (Å²) in [5, 5.41) is 4.18. The number of pyridine rings is 1. The van der Waals surface area contributed by atoms with Crippen molar-refractivity contribution in [1.82, 2.24) is 4.98 Å². The highest BCUT2D eigenvalue weighted by atomic mass is 32.1. The summed E-state index contributed by atoms with van der Waals surface area (Å²) < 4.78 is 0. The van der Waals surface area contributed by atoms with Crippen LogP contribution in [0.15, 0.2) is 53.6 Å². The van der Waals surface area contributed by atoms with E-state index in [1.807, 2.05) is 49.5 Å². The van der Waals surface area contributed by atoms with Crippen molar-refractivity contribution in [2.24, 2.45) is 0 Å². The largest absolute Gasteiger partial charge is 0.396 e. The van der Waals surface area contributed by atoms with Crippen LogP contribution in [-0.4, -0.2) is 12.0 Å². The number of benzene rings is 2. The zero-order valence-corrected chi connectivity index (χ0v) is 12.0. The molecule has 0 aliphatic carbocycles. The zero-order chi connectivity index (χ0) is 14.1.